The van der Waals surface area contributed by atoms with Crippen LogP contribution in [-0.2, 0) is 0 Å². The number of nitrogens with two attached hydrogens (primary N) is 1. The Balaban J connectivity index is 2.25. The van der Waals surface area contributed by atoms with Gasteiger partial charge in [-0.15, -0.1) is 0 Å². The van der Waals surface area contributed by atoms with Crippen LogP contribution in [0, 0.1) is 5.82 Å². The van der Waals surface area contributed by atoms with Crippen molar-refractivity contribution in [3.05, 3.63) is 42.0 Å². The summed E-state index contributed by atoms with van der Waals surface area (Å²) in [6.07, 6.45) is 1.99. The molecule has 1 aromatic carbocycles. The van der Waals surface area contributed by atoms with Crippen LogP contribution in [0.15, 0.2) is 30.5 Å². The fourth-order valence-electron chi connectivity index (χ4n) is 1.66. The van der Waals surface area contributed by atoms with Crippen molar-refractivity contribution in [1.29, 1.82) is 0 Å². The van der Waals surface area contributed by atoms with E-state index in [1.165, 1.54) is 23.2 Å². The number of aromatic nitrogens is 3. The molecule has 0 fully saturated rings. The lowest BCUT2D eigenvalue weighted by Gasteiger charge is -2.21. The van der Waals surface area contributed by atoms with Gasteiger partial charge in [0.1, 0.15) is 5.82 Å². The number of nitrogens with one attached hydrogen (secondary N) is 1. The number of carbonyl (C=O) groups is 1. The van der Waals surface area contributed by atoms with Gasteiger partial charge < -0.3 is 10.6 Å². The number of amides is 1. The van der Waals surface area contributed by atoms with Crippen molar-refractivity contribution in [3.63, 3.8) is 0 Å². The molecule has 3 N–H and O–H groups in total. The van der Waals surface area contributed by atoms with Crippen molar-refractivity contribution >= 4 is 11.6 Å². The van der Waals surface area contributed by atoms with Gasteiger partial charge in [0.25, 0.3) is 5.91 Å². The van der Waals surface area contributed by atoms with Gasteiger partial charge in [0.15, 0.2) is 5.69 Å². The molecule has 0 saturated heterocycles. The fraction of sp³-hybridized carbons (Fsp3) is 0.250. The molecule has 0 aliphatic carbocycles. The number of halogens is 1. The number of hydrogen-bond donors (Lipinski definition) is 2. The Kier molecular flexibility index (Phi) is 4.19. The molecule has 0 atom stereocenters. The van der Waals surface area contributed by atoms with Crippen LogP contribution in [0.4, 0.5) is 10.1 Å². The monoisotopic (exact) mass is 263 g/mol. The number of aromatic amines is 1. The molecular weight excluding hydrogens is 249 g/mol. The van der Waals surface area contributed by atoms with Crippen molar-refractivity contribution in [2.45, 2.75) is 6.42 Å². The predicted molar refractivity (Wildman–Crippen MR) is 68.1 cm³/mol. The molecule has 2 rings (SSSR count). The maximum Gasteiger partial charge on any atom is 0.280 e. The minimum Gasteiger partial charge on any atom is -0.330 e. The molecule has 0 radical (unpaired) electrons. The van der Waals surface area contributed by atoms with Gasteiger partial charge in [-0.3, -0.25) is 4.79 Å². The summed E-state index contributed by atoms with van der Waals surface area (Å²) in [5.74, 6) is -0.648. The Hall–Kier alpha value is -2.28. The van der Waals surface area contributed by atoms with E-state index in [0.29, 0.717) is 25.2 Å². The van der Waals surface area contributed by atoms with E-state index in [9.17, 15) is 9.18 Å². The Labute approximate surface area is 109 Å². The molecule has 1 heterocycles. The van der Waals surface area contributed by atoms with Gasteiger partial charge in [-0.25, -0.2) is 4.39 Å². The van der Waals surface area contributed by atoms with E-state index >= 15 is 0 Å². The zero-order valence-electron chi connectivity index (χ0n) is 10.2. The van der Waals surface area contributed by atoms with Crippen LogP contribution in [0.3, 0.4) is 0 Å². The normalized spacial score (nSPS) is 10.4. The number of benzene rings is 1. The lowest BCUT2D eigenvalue weighted by Crippen LogP contribution is -2.33. The van der Waals surface area contributed by atoms with E-state index in [1.807, 2.05) is 0 Å². The third-order valence-electron chi connectivity index (χ3n) is 2.60. The summed E-state index contributed by atoms with van der Waals surface area (Å²) in [7, 11) is 0. The molecule has 19 heavy (non-hydrogen) atoms. The standard InChI is InChI=1S/C12H14FN5O/c13-9-2-4-10(5-3-9)18(7-1-6-14)12(19)11-8-15-17-16-11/h2-5,8H,1,6-7,14H2,(H,15,16,17). The molecule has 1 aromatic heterocycles. The van der Waals surface area contributed by atoms with E-state index in [1.54, 1.807) is 12.1 Å². The van der Waals surface area contributed by atoms with Gasteiger partial charge in [-0.05, 0) is 37.2 Å². The lowest BCUT2D eigenvalue weighted by atomic mass is 10.2. The second kappa shape index (κ2) is 6.05. The maximum atomic E-state index is 12.9. The van der Waals surface area contributed by atoms with Gasteiger partial charge in [0.2, 0.25) is 0 Å². The first-order valence-electron chi connectivity index (χ1n) is 5.85. The number of rotatable bonds is 5. The highest BCUT2D eigenvalue weighted by Crippen LogP contribution is 2.17. The summed E-state index contributed by atoms with van der Waals surface area (Å²) in [6.45, 7) is 0.900. The molecular formula is C12H14FN5O. The molecule has 0 unspecified atom stereocenters. The van der Waals surface area contributed by atoms with Crippen LogP contribution in [-0.4, -0.2) is 34.4 Å². The molecule has 6 nitrogen and oxygen atoms in total. The van der Waals surface area contributed by atoms with Crippen molar-refractivity contribution in [2.24, 2.45) is 5.73 Å². The average Bonchev–Trinajstić information content (AvgIpc) is 2.95. The molecule has 0 saturated carbocycles. The first kappa shape index (κ1) is 13.2. The van der Waals surface area contributed by atoms with Crippen molar-refractivity contribution in [2.75, 3.05) is 18.0 Å². The minimum atomic E-state index is -0.351. The second-order valence-electron chi connectivity index (χ2n) is 3.93. The number of H-pyrrole nitrogens is 1. The summed E-state index contributed by atoms with van der Waals surface area (Å²) in [5.41, 5.74) is 6.28. The lowest BCUT2D eigenvalue weighted by molar-refractivity contribution is 0.0982. The number of carbonyl (C=O) groups excluding carboxylic acids is 1. The molecule has 7 heteroatoms. The fourth-order valence-corrected chi connectivity index (χ4v) is 1.66. The third-order valence-corrected chi connectivity index (χ3v) is 2.60. The van der Waals surface area contributed by atoms with Crippen LogP contribution >= 0.6 is 0 Å². The van der Waals surface area contributed by atoms with Crippen LogP contribution in [0.25, 0.3) is 0 Å². The highest BCUT2D eigenvalue weighted by molar-refractivity contribution is 6.04. The molecule has 100 valence electrons. The van der Waals surface area contributed by atoms with Crippen molar-refractivity contribution < 1.29 is 9.18 Å². The first-order chi connectivity index (χ1) is 9.22. The summed E-state index contributed by atoms with van der Waals surface area (Å²) < 4.78 is 12.9. The third kappa shape index (κ3) is 3.14. The highest BCUT2D eigenvalue weighted by Gasteiger charge is 2.19. The number of hydrogen-bond acceptors (Lipinski definition) is 4. The van der Waals surface area contributed by atoms with E-state index in [0.717, 1.165) is 0 Å². The van der Waals surface area contributed by atoms with Crippen LogP contribution in [0.1, 0.15) is 16.9 Å². The average molecular weight is 263 g/mol. The van der Waals surface area contributed by atoms with Gasteiger partial charge in [0.05, 0.1) is 6.20 Å². The maximum absolute atomic E-state index is 12.9. The van der Waals surface area contributed by atoms with Gasteiger partial charge in [-0.1, -0.05) is 0 Å². The smallest absolute Gasteiger partial charge is 0.280 e. The molecule has 0 aliphatic rings. The van der Waals surface area contributed by atoms with Gasteiger partial charge in [0, 0.05) is 12.2 Å². The van der Waals surface area contributed by atoms with Crippen LogP contribution < -0.4 is 10.6 Å². The Morgan fingerprint density at radius 1 is 1.37 bits per heavy atom. The summed E-state index contributed by atoms with van der Waals surface area (Å²) in [6, 6.07) is 5.70. The van der Waals surface area contributed by atoms with E-state index in [4.69, 9.17) is 5.73 Å². The van der Waals surface area contributed by atoms with Crippen LogP contribution in [0.2, 0.25) is 0 Å². The van der Waals surface area contributed by atoms with E-state index < -0.39 is 0 Å². The minimum absolute atomic E-state index is 0.210. The van der Waals surface area contributed by atoms with E-state index in [2.05, 4.69) is 15.4 Å². The zero-order chi connectivity index (χ0) is 13.7. The largest absolute Gasteiger partial charge is 0.330 e. The first-order valence-corrected chi connectivity index (χ1v) is 5.85. The molecule has 0 spiro atoms. The Morgan fingerprint density at radius 3 is 2.68 bits per heavy atom. The summed E-state index contributed by atoms with van der Waals surface area (Å²) >= 11 is 0. The van der Waals surface area contributed by atoms with Crippen molar-refractivity contribution in [3.8, 4) is 0 Å². The SMILES string of the molecule is NCCCN(C(=O)c1cn[nH]n1)c1ccc(F)cc1. The molecule has 0 aliphatic heterocycles. The quantitative estimate of drug-likeness (QED) is 0.840. The molecule has 2 aromatic rings. The van der Waals surface area contributed by atoms with Crippen LogP contribution in [0.5, 0.6) is 0 Å². The number of nitrogens with zero attached hydrogens (tertiary/aromatic N) is 3. The molecule has 0 bridgehead atoms. The highest BCUT2D eigenvalue weighted by atomic mass is 19.1. The number of anilines is 1. The second-order valence-corrected chi connectivity index (χ2v) is 3.93. The summed E-state index contributed by atoms with van der Waals surface area (Å²) in [5, 5.41) is 9.75. The topological polar surface area (TPSA) is 87.9 Å². The Morgan fingerprint density at radius 2 is 2.11 bits per heavy atom. The zero-order valence-corrected chi connectivity index (χ0v) is 10.2. The molecule has 1 amide bonds. The summed E-state index contributed by atoms with van der Waals surface area (Å²) in [4.78, 5) is 13.8. The predicted octanol–water partition coefficient (Wildman–Crippen LogP) is 0.939. The van der Waals surface area contributed by atoms with Gasteiger partial charge >= 0.3 is 0 Å². The Bertz CT molecular complexity index is 526. The van der Waals surface area contributed by atoms with E-state index in [-0.39, 0.29) is 17.4 Å². The van der Waals surface area contributed by atoms with Crippen molar-refractivity contribution in [1.82, 2.24) is 15.4 Å². The van der Waals surface area contributed by atoms with Gasteiger partial charge in [-0.2, -0.15) is 15.4 Å².